The number of ether oxygens (including phenoxy) is 1. The number of hydrogen-bond donors (Lipinski definition) is 1. The first-order chi connectivity index (χ1) is 7.57. The molecule has 0 saturated carbocycles. The Balaban J connectivity index is 0.00000144. The molecule has 17 heavy (non-hydrogen) atoms. The van der Waals surface area contributed by atoms with Crippen LogP contribution < -0.4 is 5.32 Å². The molecular weight excluding hydrogens is 234 g/mol. The van der Waals surface area contributed by atoms with E-state index in [0.717, 1.165) is 19.6 Å². The predicted octanol–water partition coefficient (Wildman–Crippen LogP) is 2.93. The lowest BCUT2D eigenvalue weighted by atomic mass is 10.00. The minimum atomic E-state index is -0.193. The summed E-state index contributed by atoms with van der Waals surface area (Å²) < 4.78 is 5.90. The smallest absolute Gasteiger partial charge is 0.120 e. The van der Waals surface area contributed by atoms with Gasteiger partial charge in [-0.2, -0.15) is 0 Å². The predicted molar refractivity (Wildman–Crippen MR) is 73.7 cm³/mol. The number of benzene rings is 1. The maximum Gasteiger partial charge on any atom is 0.120 e. The van der Waals surface area contributed by atoms with Gasteiger partial charge in [0, 0.05) is 13.0 Å². The van der Waals surface area contributed by atoms with Crippen molar-refractivity contribution in [2.75, 3.05) is 13.2 Å². The molecule has 2 rings (SSSR count). The first-order valence-electron chi connectivity index (χ1n) is 6.02. The van der Waals surface area contributed by atoms with Crippen molar-refractivity contribution in [1.82, 2.24) is 5.32 Å². The average molecular weight is 256 g/mol. The molecule has 1 heterocycles. The van der Waals surface area contributed by atoms with Gasteiger partial charge in [-0.05, 0) is 25.3 Å². The molecule has 1 aromatic carbocycles. The lowest BCUT2D eigenvalue weighted by molar-refractivity contribution is -0.0997. The fraction of sp³-hybridized carbons (Fsp3) is 0.571. The lowest BCUT2D eigenvalue weighted by Gasteiger charge is -2.38. The van der Waals surface area contributed by atoms with E-state index in [0.29, 0.717) is 5.92 Å². The maximum absolute atomic E-state index is 5.90. The van der Waals surface area contributed by atoms with Gasteiger partial charge in [0.05, 0.1) is 6.61 Å². The molecule has 0 aromatic heterocycles. The van der Waals surface area contributed by atoms with Crippen LogP contribution in [0.25, 0.3) is 0 Å². The van der Waals surface area contributed by atoms with Crippen LogP contribution in [0.1, 0.15) is 25.0 Å². The molecule has 1 saturated heterocycles. The van der Waals surface area contributed by atoms with Gasteiger partial charge < -0.3 is 4.74 Å². The second-order valence-electron chi connectivity index (χ2n) is 5.19. The Labute approximate surface area is 110 Å². The van der Waals surface area contributed by atoms with E-state index in [1.54, 1.807) is 0 Å². The van der Waals surface area contributed by atoms with E-state index < -0.39 is 0 Å². The third-order valence-corrected chi connectivity index (χ3v) is 3.17. The third kappa shape index (κ3) is 3.98. The SMILES string of the molecule is Cc1ccc(CC2(C)NCC(C)CO2)cc1.Cl. The van der Waals surface area contributed by atoms with E-state index >= 15 is 0 Å². The van der Waals surface area contributed by atoms with Gasteiger partial charge in [0.2, 0.25) is 0 Å². The van der Waals surface area contributed by atoms with Crippen LogP contribution in [0.2, 0.25) is 0 Å². The first-order valence-corrected chi connectivity index (χ1v) is 6.02. The first kappa shape index (κ1) is 14.5. The minimum Gasteiger partial charge on any atom is -0.360 e. The van der Waals surface area contributed by atoms with Crippen LogP contribution in [-0.4, -0.2) is 18.9 Å². The molecule has 1 aromatic rings. The summed E-state index contributed by atoms with van der Waals surface area (Å²) in [6, 6.07) is 8.68. The molecule has 0 radical (unpaired) electrons. The van der Waals surface area contributed by atoms with Gasteiger partial charge in [0.15, 0.2) is 0 Å². The van der Waals surface area contributed by atoms with Crippen molar-refractivity contribution in [3.63, 3.8) is 0 Å². The summed E-state index contributed by atoms with van der Waals surface area (Å²) in [6.07, 6.45) is 0.931. The van der Waals surface area contributed by atoms with Crippen molar-refractivity contribution < 1.29 is 4.74 Å². The van der Waals surface area contributed by atoms with Crippen molar-refractivity contribution in [2.45, 2.75) is 32.9 Å². The Morgan fingerprint density at radius 1 is 1.35 bits per heavy atom. The van der Waals surface area contributed by atoms with Gasteiger partial charge in [0.25, 0.3) is 0 Å². The Morgan fingerprint density at radius 2 is 2.00 bits per heavy atom. The Kier molecular flexibility index (Phi) is 4.99. The van der Waals surface area contributed by atoms with Crippen LogP contribution in [0.3, 0.4) is 0 Å². The highest BCUT2D eigenvalue weighted by molar-refractivity contribution is 5.85. The summed E-state index contributed by atoms with van der Waals surface area (Å²) in [5.74, 6) is 0.617. The summed E-state index contributed by atoms with van der Waals surface area (Å²) in [7, 11) is 0. The number of nitrogens with one attached hydrogen (secondary N) is 1. The Morgan fingerprint density at radius 3 is 2.53 bits per heavy atom. The molecular formula is C14H22ClNO. The van der Waals surface area contributed by atoms with Crippen molar-refractivity contribution >= 4 is 12.4 Å². The molecule has 0 spiro atoms. The molecule has 1 aliphatic rings. The molecule has 0 amide bonds. The van der Waals surface area contributed by atoms with E-state index in [4.69, 9.17) is 4.74 Å². The van der Waals surface area contributed by atoms with Gasteiger partial charge >= 0.3 is 0 Å². The van der Waals surface area contributed by atoms with Crippen LogP contribution in [-0.2, 0) is 11.2 Å². The normalized spacial score (nSPS) is 28.5. The van der Waals surface area contributed by atoms with E-state index in [1.807, 2.05) is 0 Å². The lowest BCUT2D eigenvalue weighted by Crippen LogP contribution is -2.53. The number of rotatable bonds is 2. The molecule has 96 valence electrons. The quantitative estimate of drug-likeness (QED) is 0.878. The minimum absolute atomic E-state index is 0. The van der Waals surface area contributed by atoms with Crippen molar-refractivity contribution in [3.05, 3.63) is 35.4 Å². The maximum atomic E-state index is 5.90. The highest BCUT2D eigenvalue weighted by atomic mass is 35.5. The van der Waals surface area contributed by atoms with Crippen molar-refractivity contribution in [3.8, 4) is 0 Å². The largest absolute Gasteiger partial charge is 0.360 e. The van der Waals surface area contributed by atoms with E-state index in [2.05, 4.69) is 50.4 Å². The highest BCUT2D eigenvalue weighted by Crippen LogP contribution is 2.20. The van der Waals surface area contributed by atoms with Crippen LogP contribution >= 0.6 is 12.4 Å². The Hall–Kier alpha value is -0.570. The summed E-state index contributed by atoms with van der Waals surface area (Å²) in [6.45, 7) is 8.36. The topological polar surface area (TPSA) is 21.3 Å². The molecule has 2 atom stereocenters. The number of halogens is 1. The van der Waals surface area contributed by atoms with Gasteiger partial charge in [-0.25, -0.2) is 0 Å². The van der Waals surface area contributed by atoms with Gasteiger partial charge in [0.1, 0.15) is 5.72 Å². The molecule has 0 bridgehead atoms. The average Bonchev–Trinajstić information content (AvgIpc) is 2.27. The molecule has 1 aliphatic heterocycles. The molecule has 3 heteroatoms. The molecule has 1 N–H and O–H groups in total. The second kappa shape index (κ2) is 5.85. The summed E-state index contributed by atoms with van der Waals surface area (Å²) in [5.41, 5.74) is 2.44. The fourth-order valence-electron chi connectivity index (χ4n) is 2.04. The van der Waals surface area contributed by atoms with E-state index in [9.17, 15) is 0 Å². The monoisotopic (exact) mass is 255 g/mol. The molecule has 2 unspecified atom stereocenters. The van der Waals surface area contributed by atoms with Gasteiger partial charge in [-0.3, -0.25) is 5.32 Å². The number of aryl methyl sites for hydroxylation is 1. The van der Waals surface area contributed by atoms with Gasteiger partial charge in [-0.15, -0.1) is 12.4 Å². The second-order valence-corrected chi connectivity index (χ2v) is 5.19. The molecule has 0 aliphatic carbocycles. The zero-order chi connectivity index (χ0) is 11.6. The van der Waals surface area contributed by atoms with Crippen LogP contribution in [0.4, 0.5) is 0 Å². The zero-order valence-electron chi connectivity index (χ0n) is 10.8. The zero-order valence-corrected chi connectivity index (χ0v) is 11.6. The van der Waals surface area contributed by atoms with Crippen LogP contribution in [0.15, 0.2) is 24.3 Å². The van der Waals surface area contributed by atoms with Gasteiger partial charge in [-0.1, -0.05) is 36.8 Å². The fourth-order valence-corrected chi connectivity index (χ4v) is 2.04. The van der Waals surface area contributed by atoms with Crippen molar-refractivity contribution in [2.24, 2.45) is 5.92 Å². The van der Waals surface area contributed by atoms with Crippen LogP contribution in [0, 0.1) is 12.8 Å². The standard InChI is InChI=1S/C14H21NO.ClH/c1-11-4-6-13(7-5-11)8-14(3)15-9-12(2)10-16-14;/h4-7,12,15H,8-10H2,1-3H3;1H. The van der Waals surface area contributed by atoms with E-state index in [1.165, 1.54) is 11.1 Å². The summed E-state index contributed by atoms with van der Waals surface area (Å²) >= 11 is 0. The summed E-state index contributed by atoms with van der Waals surface area (Å²) in [5, 5.41) is 3.49. The molecule has 1 fully saturated rings. The van der Waals surface area contributed by atoms with E-state index in [-0.39, 0.29) is 18.1 Å². The summed E-state index contributed by atoms with van der Waals surface area (Å²) in [4.78, 5) is 0. The Bertz CT molecular complexity index is 342. The molecule has 2 nitrogen and oxygen atoms in total. The van der Waals surface area contributed by atoms with Crippen molar-refractivity contribution in [1.29, 1.82) is 0 Å². The van der Waals surface area contributed by atoms with Crippen LogP contribution in [0.5, 0.6) is 0 Å². The highest BCUT2D eigenvalue weighted by Gasteiger charge is 2.29. The third-order valence-electron chi connectivity index (χ3n) is 3.17. The number of hydrogen-bond acceptors (Lipinski definition) is 2.